The van der Waals surface area contributed by atoms with Crippen molar-refractivity contribution in [1.29, 1.82) is 0 Å². The van der Waals surface area contributed by atoms with Crippen LogP contribution in [0.15, 0.2) is 48.8 Å². The van der Waals surface area contributed by atoms with E-state index in [9.17, 15) is 13.2 Å². The zero-order valence-electron chi connectivity index (χ0n) is 15.0. The Kier molecular flexibility index (Phi) is 4.81. The molecule has 0 aliphatic carbocycles. The van der Waals surface area contributed by atoms with Crippen molar-refractivity contribution in [2.75, 3.05) is 0 Å². The molecule has 0 spiro atoms. The van der Waals surface area contributed by atoms with E-state index in [0.29, 0.717) is 18.1 Å². The number of halogens is 4. The molecule has 1 aliphatic heterocycles. The summed E-state index contributed by atoms with van der Waals surface area (Å²) >= 11 is 6.51. The van der Waals surface area contributed by atoms with Gasteiger partial charge in [-0.3, -0.25) is 9.58 Å². The second-order valence-electron chi connectivity index (χ2n) is 6.84. The van der Waals surface area contributed by atoms with Crippen LogP contribution in [-0.4, -0.2) is 21.0 Å². The monoisotopic (exact) mass is 407 g/mol. The lowest BCUT2D eigenvalue weighted by molar-refractivity contribution is -0.274. The average molecular weight is 408 g/mol. The summed E-state index contributed by atoms with van der Waals surface area (Å²) in [5.41, 5.74) is 5.18. The summed E-state index contributed by atoms with van der Waals surface area (Å²) < 4.78 is 42.5. The highest BCUT2D eigenvalue weighted by atomic mass is 35.5. The van der Waals surface area contributed by atoms with Crippen molar-refractivity contribution in [3.05, 3.63) is 70.5 Å². The van der Waals surface area contributed by atoms with Gasteiger partial charge in [-0.05, 0) is 46.5 Å². The Labute approximate surface area is 165 Å². The quantitative estimate of drug-likeness (QED) is 0.598. The zero-order valence-corrected chi connectivity index (χ0v) is 15.8. The van der Waals surface area contributed by atoms with Crippen LogP contribution in [0.4, 0.5) is 13.2 Å². The van der Waals surface area contributed by atoms with Crippen LogP contribution in [0.3, 0.4) is 0 Å². The number of fused-ring (bicyclic) bond motifs is 1. The summed E-state index contributed by atoms with van der Waals surface area (Å²) in [7, 11) is 1.87. The Bertz CT molecular complexity index is 999. The molecule has 4 nitrogen and oxygen atoms in total. The van der Waals surface area contributed by atoms with Crippen molar-refractivity contribution >= 4 is 11.6 Å². The number of rotatable bonds is 4. The van der Waals surface area contributed by atoms with Crippen molar-refractivity contribution in [2.45, 2.75) is 26.0 Å². The van der Waals surface area contributed by atoms with Crippen LogP contribution in [0.2, 0.25) is 5.02 Å². The van der Waals surface area contributed by atoms with Crippen LogP contribution in [0.1, 0.15) is 16.7 Å². The number of ether oxygens (including phenoxy) is 1. The number of benzene rings is 2. The van der Waals surface area contributed by atoms with E-state index in [1.54, 1.807) is 23.0 Å². The maximum Gasteiger partial charge on any atom is 0.573 e. The van der Waals surface area contributed by atoms with Crippen molar-refractivity contribution in [2.24, 2.45) is 7.05 Å². The molecule has 28 heavy (non-hydrogen) atoms. The van der Waals surface area contributed by atoms with Gasteiger partial charge in [0.05, 0.1) is 6.20 Å². The van der Waals surface area contributed by atoms with E-state index in [1.807, 2.05) is 19.3 Å². The van der Waals surface area contributed by atoms with Gasteiger partial charge >= 0.3 is 6.36 Å². The molecular formula is C20H17ClF3N3O. The number of hydrogen-bond donors (Lipinski definition) is 0. The molecule has 0 atom stereocenters. The first kappa shape index (κ1) is 18.8. The second kappa shape index (κ2) is 7.14. The first-order valence-electron chi connectivity index (χ1n) is 8.64. The Morgan fingerprint density at radius 2 is 1.86 bits per heavy atom. The van der Waals surface area contributed by atoms with E-state index < -0.39 is 6.36 Å². The molecule has 0 radical (unpaired) electrons. The molecule has 0 amide bonds. The number of aryl methyl sites for hydroxylation is 1. The Morgan fingerprint density at radius 1 is 1.11 bits per heavy atom. The van der Waals surface area contributed by atoms with Crippen molar-refractivity contribution in [1.82, 2.24) is 14.7 Å². The molecule has 1 aromatic heterocycles. The van der Waals surface area contributed by atoms with Gasteiger partial charge in [0.15, 0.2) is 0 Å². The molecule has 1 aliphatic rings. The summed E-state index contributed by atoms with van der Waals surface area (Å²) in [6, 6.07) is 10.0. The van der Waals surface area contributed by atoms with Gasteiger partial charge in [0.1, 0.15) is 5.75 Å². The molecule has 0 unspecified atom stereocenters. The predicted octanol–water partition coefficient (Wildman–Crippen LogP) is 5.15. The van der Waals surface area contributed by atoms with Gasteiger partial charge in [0.2, 0.25) is 0 Å². The Morgan fingerprint density at radius 3 is 2.50 bits per heavy atom. The molecular weight excluding hydrogens is 391 g/mol. The highest BCUT2D eigenvalue weighted by Gasteiger charge is 2.31. The minimum atomic E-state index is -4.68. The van der Waals surface area contributed by atoms with Gasteiger partial charge in [-0.25, -0.2) is 0 Å². The van der Waals surface area contributed by atoms with Crippen molar-refractivity contribution < 1.29 is 17.9 Å². The molecule has 0 saturated carbocycles. The van der Waals surface area contributed by atoms with Crippen LogP contribution >= 0.6 is 11.6 Å². The summed E-state index contributed by atoms with van der Waals surface area (Å²) in [5, 5.41) is 4.91. The lowest BCUT2D eigenvalue weighted by Gasteiger charge is -2.15. The van der Waals surface area contributed by atoms with Gasteiger partial charge in [0.25, 0.3) is 0 Å². The standard InChI is InChI=1S/C20H17ClF3N3O/c1-26-10-16(8-25-26)14-6-15-11-27(12-18(15)19(21)7-14)9-13-2-4-17(5-3-13)28-20(22,23)24/h2-8,10H,9,11-12H2,1H3. The normalized spacial score (nSPS) is 14.3. The summed E-state index contributed by atoms with van der Waals surface area (Å²) in [6.45, 7) is 2.03. The van der Waals surface area contributed by atoms with Gasteiger partial charge in [-0.1, -0.05) is 23.7 Å². The van der Waals surface area contributed by atoms with E-state index in [4.69, 9.17) is 11.6 Å². The van der Waals surface area contributed by atoms with Gasteiger partial charge in [-0.2, -0.15) is 5.10 Å². The summed E-state index contributed by atoms with van der Waals surface area (Å²) in [6.07, 6.45) is -0.939. The van der Waals surface area contributed by atoms with Crippen molar-refractivity contribution in [3.63, 3.8) is 0 Å². The molecule has 8 heteroatoms. The minimum absolute atomic E-state index is 0.217. The van der Waals surface area contributed by atoms with Crippen LogP contribution in [0.25, 0.3) is 11.1 Å². The molecule has 2 heterocycles. The topological polar surface area (TPSA) is 30.3 Å². The third-order valence-corrected chi connectivity index (χ3v) is 5.00. The van der Waals surface area contributed by atoms with E-state index in [-0.39, 0.29) is 5.75 Å². The van der Waals surface area contributed by atoms with Gasteiger partial charge < -0.3 is 4.74 Å². The fourth-order valence-corrected chi connectivity index (χ4v) is 3.73. The van der Waals surface area contributed by atoms with Crippen LogP contribution < -0.4 is 4.74 Å². The third kappa shape index (κ3) is 4.15. The van der Waals surface area contributed by atoms with E-state index in [1.165, 1.54) is 12.1 Å². The van der Waals surface area contributed by atoms with Crippen molar-refractivity contribution in [3.8, 4) is 16.9 Å². The van der Waals surface area contributed by atoms with Crippen LogP contribution in [0.5, 0.6) is 5.75 Å². The van der Waals surface area contributed by atoms with Crippen LogP contribution in [-0.2, 0) is 26.7 Å². The van der Waals surface area contributed by atoms with Gasteiger partial charge in [-0.15, -0.1) is 13.2 Å². The lowest BCUT2D eigenvalue weighted by atomic mass is 10.0. The first-order valence-corrected chi connectivity index (χ1v) is 9.02. The molecule has 3 aromatic rings. The number of aromatic nitrogens is 2. The summed E-state index contributed by atoms with van der Waals surface area (Å²) in [4.78, 5) is 2.20. The molecule has 2 aromatic carbocycles. The molecule has 0 saturated heterocycles. The third-order valence-electron chi connectivity index (χ3n) is 4.66. The first-order chi connectivity index (χ1) is 13.3. The van der Waals surface area contributed by atoms with Gasteiger partial charge in [0, 0.05) is 43.5 Å². The largest absolute Gasteiger partial charge is 0.573 e. The lowest BCUT2D eigenvalue weighted by Crippen LogP contribution is -2.17. The number of hydrogen-bond acceptors (Lipinski definition) is 3. The molecule has 0 fully saturated rings. The minimum Gasteiger partial charge on any atom is -0.406 e. The number of alkyl halides is 3. The van der Waals surface area contributed by atoms with E-state index in [0.717, 1.165) is 34.4 Å². The molecule has 4 rings (SSSR count). The fourth-order valence-electron chi connectivity index (χ4n) is 3.44. The smallest absolute Gasteiger partial charge is 0.406 e. The van der Waals surface area contributed by atoms with E-state index >= 15 is 0 Å². The maximum absolute atomic E-state index is 12.3. The Hall–Kier alpha value is -2.51. The molecule has 146 valence electrons. The maximum atomic E-state index is 12.3. The second-order valence-corrected chi connectivity index (χ2v) is 7.24. The molecule has 0 N–H and O–H groups in total. The Balaban J connectivity index is 1.47. The van der Waals surface area contributed by atoms with Crippen LogP contribution in [0, 0.1) is 0 Å². The molecule has 0 bridgehead atoms. The highest BCUT2D eigenvalue weighted by Crippen LogP contribution is 2.35. The number of nitrogens with zero attached hydrogens (tertiary/aromatic N) is 3. The fraction of sp³-hybridized carbons (Fsp3) is 0.250. The predicted molar refractivity (Wildman–Crippen MR) is 99.7 cm³/mol. The van der Waals surface area contributed by atoms with E-state index in [2.05, 4.69) is 20.8 Å². The SMILES string of the molecule is Cn1cc(-c2cc(Cl)c3c(c2)CN(Cc2ccc(OC(F)(F)F)cc2)C3)cn1. The highest BCUT2D eigenvalue weighted by molar-refractivity contribution is 6.31. The zero-order chi connectivity index (χ0) is 19.9. The average Bonchev–Trinajstić information content (AvgIpc) is 3.21. The summed E-state index contributed by atoms with van der Waals surface area (Å²) in [5.74, 6) is -0.217.